The number of carbonyl (C=O) groups excluding carboxylic acids is 1. The van der Waals surface area contributed by atoms with Gasteiger partial charge in [0.25, 0.3) is 5.69 Å². The van der Waals surface area contributed by atoms with E-state index in [1.165, 1.54) is 12.1 Å². The fourth-order valence-corrected chi connectivity index (χ4v) is 4.08. The average molecular weight is 446 g/mol. The maximum Gasteiger partial charge on any atom is 0.293 e. The highest BCUT2D eigenvalue weighted by atomic mass is 32.2. The number of hydrogen-bond donors (Lipinski definition) is 1. The van der Waals surface area contributed by atoms with Crippen molar-refractivity contribution in [2.45, 2.75) is 17.3 Å². The number of tetrazole rings is 1. The van der Waals surface area contributed by atoms with Gasteiger partial charge >= 0.3 is 0 Å². The number of nitro groups is 1. The van der Waals surface area contributed by atoms with Crippen LogP contribution in [-0.2, 0) is 4.79 Å². The van der Waals surface area contributed by atoms with Gasteiger partial charge in [0.05, 0.1) is 10.6 Å². The molecule has 1 amide bonds. The zero-order valence-corrected chi connectivity index (χ0v) is 17.8. The molecule has 0 aliphatic carbocycles. The van der Waals surface area contributed by atoms with Gasteiger partial charge in [-0.05, 0) is 46.7 Å². The topological polar surface area (TPSA) is 116 Å². The first kappa shape index (κ1) is 21.2. The summed E-state index contributed by atoms with van der Waals surface area (Å²) in [5.41, 5.74) is 2.17. The number of aryl methyl sites for hydroxylation is 1. The summed E-state index contributed by atoms with van der Waals surface area (Å²) in [7, 11) is 0. The molecule has 0 aliphatic rings. The Labute approximate surface area is 187 Å². The number of anilines is 1. The highest BCUT2D eigenvalue weighted by Gasteiger charge is 2.27. The number of amides is 1. The molecular weight excluding hydrogens is 428 g/mol. The van der Waals surface area contributed by atoms with Gasteiger partial charge in [-0.15, -0.1) is 5.10 Å². The minimum Gasteiger partial charge on any atom is -0.319 e. The second kappa shape index (κ2) is 9.40. The number of para-hydroxylation sites is 1. The van der Waals surface area contributed by atoms with Crippen molar-refractivity contribution in [2.24, 2.45) is 0 Å². The Morgan fingerprint density at radius 1 is 1.06 bits per heavy atom. The Balaban J connectivity index is 1.67. The number of carbonyl (C=O) groups is 1. The molecule has 0 aliphatic heterocycles. The Hall–Kier alpha value is -4.05. The molecule has 160 valence electrons. The van der Waals surface area contributed by atoms with Gasteiger partial charge in [0.1, 0.15) is 10.9 Å². The predicted octanol–water partition coefficient (Wildman–Crippen LogP) is 4.35. The van der Waals surface area contributed by atoms with E-state index in [0.717, 1.165) is 23.0 Å². The molecule has 4 rings (SSSR count). The normalized spacial score (nSPS) is 11.7. The molecule has 32 heavy (non-hydrogen) atoms. The van der Waals surface area contributed by atoms with Gasteiger partial charge in [0, 0.05) is 6.07 Å². The van der Waals surface area contributed by atoms with E-state index in [1.807, 2.05) is 60.7 Å². The van der Waals surface area contributed by atoms with Crippen molar-refractivity contribution in [3.05, 3.63) is 100 Å². The number of nitrogens with zero attached hydrogens (tertiary/aromatic N) is 5. The zero-order chi connectivity index (χ0) is 22.5. The number of hydrogen-bond acceptors (Lipinski definition) is 7. The maximum atomic E-state index is 13.3. The molecule has 1 heterocycles. The molecule has 0 radical (unpaired) electrons. The summed E-state index contributed by atoms with van der Waals surface area (Å²) in [5, 5.41) is 25.7. The quantitative estimate of drug-likeness (QED) is 0.255. The first-order valence-electron chi connectivity index (χ1n) is 9.64. The van der Waals surface area contributed by atoms with Crippen molar-refractivity contribution < 1.29 is 9.72 Å². The van der Waals surface area contributed by atoms with Crippen LogP contribution in [0.4, 0.5) is 11.4 Å². The molecule has 10 heteroatoms. The van der Waals surface area contributed by atoms with E-state index in [-0.39, 0.29) is 11.4 Å². The standard InChI is InChI=1S/C22H18N6O3S/c1-15-12-13-18(19(14-15)28(30)31)23-21(29)20(16-8-4-2-5-9-16)32-22-24-25-26-27(22)17-10-6-3-7-11-17/h2-14,20H,1H3,(H,23,29)/t20-/m0/s1. The third-order valence-corrected chi connectivity index (χ3v) is 5.80. The van der Waals surface area contributed by atoms with Crippen LogP contribution in [0, 0.1) is 17.0 Å². The van der Waals surface area contributed by atoms with Crippen molar-refractivity contribution >= 4 is 29.0 Å². The number of nitrogens with one attached hydrogen (secondary N) is 1. The number of nitro benzene ring substituents is 1. The van der Waals surface area contributed by atoms with Crippen LogP contribution in [-0.4, -0.2) is 31.0 Å². The van der Waals surface area contributed by atoms with Gasteiger partial charge in [0.2, 0.25) is 11.1 Å². The van der Waals surface area contributed by atoms with Crippen LogP contribution in [0.15, 0.2) is 84.0 Å². The van der Waals surface area contributed by atoms with Crippen molar-refractivity contribution in [3.8, 4) is 5.69 Å². The lowest BCUT2D eigenvalue weighted by molar-refractivity contribution is -0.384. The van der Waals surface area contributed by atoms with Gasteiger partial charge in [-0.25, -0.2) is 0 Å². The van der Waals surface area contributed by atoms with Crippen molar-refractivity contribution in [2.75, 3.05) is 5.32 Å². The molecule has 3 aromatic carbocycles. The van der Waals surface area contributed by atoms with Gasteiger partial charge in [-0.1, -0.05) is 66.4 Å². The summed E-state index contributed by atoms with van der Waals surface area (Å²) in [6.45, 7) is 1.75. The summed E-state index contributed by atoms with van der Waals surface area (Å²) in [6.07, 6.45) is 0. The maximum absolute atomic E-state index is 13.3. The van der Waals surface area contributed by atoms with E-state index >= 15 is 0 Å². The van der Waals surface area contributed by atoms with Crippen LogP contribution in [0.1, 0.15) is 16.4 Å². The second-order valence-corrected chi connectivity index (χ2v) is 7.96. The summed E-state index contributed by atoms with van der Waals surface area (Å²) in [5.74, 6) is -0.421. The third-order valence-electron chi connectivity index (χ3n) is 4.61. The van der Waals surface area contributed by atoms with E-state index in [1.54, 1.807) is 17.7 Å². The Bertz CT molecular complexity index is 1250. The van der Waals surface area contributed by atoms with Gasteiger partial charge in [0.15, 0.2) is 0 Å². The van der Waals surface area contributed by atoms with Crippen LogP contribution < -0.4 is 5.32 Å². The highest BCUT2D eigenvalue weighted by Crippen LogP contribution is 2.36. The SMILES string of the molecule is Cc1ccc(NC(=O)[C@@H](Sc2nnnn2-c2ccccc2)c2ccccc2)c([N+](=O)[O-])c1. The van der Waals surface area contributed by atoms with E-state index in [0.29, 0.717) is 10.7 Å². The van der Waals surface area contributed by atoms with E-state index in [4.69, 9.17) is 0 Å². The molecule has 0 fully saturated rings. The molecule has 0 spiro atoms. The largest absolute Gasteiger partial charge is 0.319 e. The fourth-order valence-electron chi connectivity index (χ4n) is 3.09. The third kappa shape index (κ3) is 4.65. The number of thioether (sulfide) groups is 1. The molecule has 0 bridgehead atoms. The van der Waals surface area contributed by atoms with E-state index in [9.17, 15) is 14.9 Å². The summed E-state index contributed by atoms with van der Waals surface area (Å²) in [6, 6.07) is 23.1. The van der Waals surface area contributed by atoms with E-state index in [2.05, 4.69) is 20.8 Å². The van der Waals surface area contributed by atoms with Gasteiger partial charge < -0.3 is 5.32 Å². The van der Waals surface area contributed by atoms with Crippen molar-refractivity contribution in [1.82, 2.24) is 20.2 Å². The van der Waals surface area contributed by atoms with Gasteiger partial charge in [-0.3, -0.25) is 14.9 Å². The smallest absolute Gasteiger partial charge is 0.293 e. The lowest BCUT2D eigenvalue weighted by atomic mass is 10.1. The number of benzene rings is 3. The van der Waals surface area contributed by atoms with Crippen LogP contribution in [0.5, 0.6) is 0 Å². The Morgan fingerprint density at radius 3 is 2.44 bits per heavy atom. The minimum atomic E-state index is -0.745. The summed E-state index contributed by atoms with van der Waals surface area (Å²) >= 11 is 1.16. The summed E-state index contributed by atoms with van der Waals surface area (Å²) < 4.78 is 1.54. The zero-order valence-electron chi connectivity index (χ0n) is 17.0. The molecule has 0 unspecified atom stereocenters. The lowest BCUT2D eigenvalue weighted by Crippen LogP contribution is -2.20. The number of aromatic nitrogens is 4. The average Bonchev–Trinajstić information content (AvgIpc) is 3.28. The molecule has 1 atom stereocenters. The molecule has 0 saturated carbocycles. The van der Waals surface area contributed by atoms with E-state index < -0.39 is 16.1 Å². The minimum absolute atomic E-state index is 0.134. The molecule has 1 aromatic heterocycles. The lowest BCUT2D eigenvalue weighted by Gasteiger charge is -2.16. The van der Waals surface area contributed by atoms with Crippen LogP contribution >= 0.6 is 11.8 Å². The Morgan fingerprint density at radius 2 is 1.75 bits per heavy atom. The van der Waals surface area contributed by atoms with Crippen molar-refractivity contribution in [3.63, 3.8) is 0 Å². The van der Waals surface area contributed by atoms with Crippen molar-refractivity contribution in [1.29, 1.82) is 0 Å². The fraction of sp³-hybridized carbons (Fsp3) is 0.0909. The molecular formula is C22H18N6O3S. The van der Waals surface area contributed by atoms with Crippen LogP contribution in [0.2, 0.25) is 0 Å². The summed E-state index contributed by atoms with van der Waals surface area (Å²) in [4.78, 5) is 24.3. The first-order chi connectivity index (χ1) is 15.5. The molecule has 4 aromatic rings. The molecule has 1 N–H and O–H groups in total. The van der Waals surface area contributed by atoms with Gasteiger partial charge in [-0.2, -0.15) is 4.68 Å². The predicted molar refractivity (Wildman–Crippen MR) is 121 cm³/mol. The number of rotatable bonds is 7. The monoisotopic (exact) mass is 446 g/mol. The first-order valence-corrected chi connectivity index (χ1v) is 10.5. The highest BCUT2D eigenvalue weighted by molar-refractivity contribution is 8.00. The Kier molecular flexibility index (Phi) is 6.22. The van der Waals surface area contributed by atoms with Crippen LogP contribution in [0.25, 0.3) is 5.69 Å². The second-order valence-electron chi connectivity index (χ2n) is 6.88. The molecule has 0 saturated heterocycles. The van der Waals surface area contributed by atoms with Crippen LogP contribution in [0.3, 0.4) is 0 Å². The molecule has 9 nitrogen and oxygen atoms in total.